The second-order valence-corrected chi connectivity index (χ2v) is 3.29. The Kier molecular flexibility index (Phi) is 2.19. The quantitative estimate of drug-likeness (QED) is 0.699. The van der Waals surface area contributed by atoms with E-state index >= 15 is 0 Å². The van der Waals surface area contributed by atoms with Gasteiger partial charge in [-0.3, -0.25) is 0 Å². The molecule has 0 atom stereocenters. The van der Waals surface area contributed by atoms with Gasteiger partial charge in [-0.25, -0.2) is 4.98 Å². The molecule has 1 heterocycles. The Morgan fingerprint density at radius 3 is 3.00 bits per heavy atom. The molecule has 0 bridgehead atoms. The number of nitrogens with zero attached hydrogens (tertiary/aromatic N) is 1. The van der Waals surface area contributed by atoms with Gasteiger partial charge in [-0.2, -0.15) is 0 Å². The van der Waals surface area contributed by atoms with Crippen molar-refractivity contribution in [2.75, 3.05) is 6.54 Å². The van der Waals surface area contributed by atoms with Gasteiger partial charge in [0, 0.05) is 12.7 Å². The highest BCUT2D eigenvalue weighted by Crippen LogP contribution is 2.18. The first-order chi connectivity index (χ1) is 4.74. The fourth-order valence-corrected chi connectivity index (χ4v) is 1.38. The minimum atomic E-state index is 0.516. The minimum absolute atomic E-state index is 0.516. The Balaban J connectivity index is 2.85. The van der Waals surface area contributed by atoms with Crippen molar-refractivity contribution in [1.82, 2.24) is 4.98 Å². The first kappa shape index (κ1) is 7.44. The zero-order chi connectivity index (χ0) is 7.56. The number of hydrogen-bond acceptors (Lipinski definition) is 3. The van der Waals surface area contributed by atoms with Crippen LogP contribution in [0, 0.1) is 6.92 Å². The van der Waals surface area contributed by atoms with Crippen LogP contribution in [0.3, 0.4) is 0 Å². The van der Waals surface area contributed by atoms with Crippen molar-refractivity contribution >= 4 is 16.9 Å². The number of hydrogen-bond donors (Lipinski definition) is 1. The largest absolute Gasteiger partial charge is 0.326 e. The van der Waals surface area contributed by atoms with Crippen LogP contribution in [0.15, 0.2) is 12.8 Å². The average Bonchev–Trinajstić information content (AvgIpc) is 2.34. The van der Waals surface area contributed by atoms with E-state index < -0.39 is 0 Å². The Bertz CT molecular complexity index is 240. The van der Waals surface area contributed by atoms with Crippen LogP contribution in [0.1, 0.15) is 9.88 Å². The van der Waals surface area contributed by atoms with Crippen LogP contribution in [-0.4, -0.2) is 11.5 Å². The molecule has 54 valence electrons. The van der Waals surface area contributed by atoms with Crippen LogP contribution < -0.4 is 5.73 Å². The molecule has 0 unspecified atom stereocenters. The van der Waals surface area contributed by atoms with E-state index in [9.17, 15) is 0 Å². The SMILES string of the molecule is C=C(CN)c1cnc(C)s1. The van der Waals surface area contributed by atoms with Crippen LogP contribution >= 0.6 is 11.3 Å². The Labute approximate surface area is 64.4 Å². The maximum Gasteiger partial charge on any atom is 0.0900 e. The topological polar surface area (TPSA) is 38.9 Å². The van der Waals surface area contributed by atoms with Crippen molar-refractivity contribution in [3.8, 4) is 0 Å². The molecular weight excluding hydrogens is 144 g/mol. The molecular formula is C7H10N2S. The summed E-state index contributed by atoms with van der Waals surface area (Å²) in [5.74, 6) is 0. The molecule has 3 heteroatoms. The normalized spacial score (nSPS) is 9.80. The predicted molar refractivity (Wildman–Crippen MR) is 44.9 cm³/mol. The van der Waals surface area contributed by atoms with Gasteiger partial charge in [-0.05, 0) is 12.5 Å². The summed E-state index contributed by atoms with van der Waals surface area (Å²) in [6.45, 7) is 6.29. The van der Waals surface area contributed by atoms with Crippen molar-refractivity contribution in [2.24, 2.45) is 5.73 Å². The molecule has 0 fully saturated rings. The summed E-state index contributed by atoms with van der Waals surface area (Å²) in [5.41, 5.74) is 6.36. The molecule has 0 aliphatic rings. The van der Waals surface area contributed by atoms with Gasteiger partial charge >= 0.3 is 0 Å². The molecule has 0 aliphatic heterocycles. The Hall–Kier alpha value is -0.670. The van der Waals surface area contributed by atoms with E-state index in [0.29, 0.717) is 6.54 Å². The van der Waals surface area contributed by atoms with Gasteiger partial charge in [0.15, 0.2) is 0 Å². The lowest BCUT2D eigenvalue weighted by Crippen LogP contribution is -1.98. The number of rotatable bonds is 2. The highest BCUT2D eigenvalue weighted by Gasteiger charge is 1.99. The van der Waals surface area contributed by atoms with E-state index in [2.05, 4.69) is 11.6 Å². The molecule has 2 N–H and O–H groups in total. The lowest BCUT2D eigenvalue weighted by atomic mass is 10.3. The second-order valence-electron chi connectivity index (χ2n) is 2.05. The predicted octanol–water partition coefficient (Wildman–Crippen LogP) is 1.42. The second kappa shape index (κ2) is 2.94. The van der Waals surface area contributed by atoms with Gasteiger partial charge in [0.05, 0.1) is 9.88 Å². The summed E-state index contributed by atoms with van der Waals surface area (Å²) in [7, 11) is 0. The maximum absolute atomic E-state index is 5.39. The van der Waals surface area contributed by atoms with Crippen molar-refractivity contribution in [3.05, 3.63) is 22.7 Å². The summed E-state index contributed by atoms with van der Waals surface area (Å²) in [5, 5.41) is 1.06. The first-order valence-corrected chi connectivity index (χ1v) is 3.86. The van der Waals surface area contributed by atoms with E-state index in [-0.39, 0.29) is 0 Å². The molecule has 1 aromatic rings. The van der Waals surface area contributed by atoms with E-state index in [1.165, 1.54) is 0 Å². The highest BCUT2D eigenvalue weighted by molar-refractivity contribution is 7.12. The lowest BCUT2D eigenvalue weighted by molar-refractivity contribution is 1.26. The Morgan fingerprint density at radius 2 is 2.60 bits per heavy atom. The molecule has 10 heavy (non-hydrogen) atoms. The van der Waals surface area contributed by atoms with Crippen molar-refractivity contribution in [3.63, 3.8) is 0 Å². The molecule has 0 saturated heterocycles. The van der Waals surface area contributed by atoms with E-state index in [1.807, 2.05) is 13.1 Å². The molecule has 0 aliphatic carbocycles. The van der Waals surface area contributed by atoms with E-state index in [4.69, 9.17) is 5.73 Å². The molecule has 0 amide bonds. The fraction of sp³-hybridized carbons (Fsp3) is 0.286. The van der Waals surface area contributed by atoms with Gasteiger partial charge in [-0.1, -0.05) is 6.58 Å². The lowest BCUT2D eigenvalue weighted by Gasteiger charge is -1.93. The van der Waals surface area contributed by atoms with Crippen LogP contribution in [0.25, 0.3) is 5.57 Å². The third-order valence-corrected chi connectivity index (χ3v) is 2.23. The van der Waals surface area contributed by atoms with Crippen molar-refractivity contribution < 1.29 is 0 Å². The minimum Gasteiger partial charge on any atom is -0.326 e. The summed E-state index contributed by atoms with van der Waals surface area (Å²) in [6, 6.07) is 0. The van der Waals surface area contributed by atoms with Gasteiger partial charge in [0.2, 0.25) is 0 Å². The number of aromatic nitrogens is 1. The third kappa shape index (κ3) is 1.43. The molecule has 1 aromatic heterocycles. The standard InChI is InChI=1S/C7H10N2S/c1-5(3-8)7-4-9-6(2)10-7/h4H,1,3,8H2,2H3. The van der Waals surface area contributed by atoms with E-state index in [0.717, 1.165) is 15.5 Å². The van der Waals surface area contributed by atoms with Crippen molar-refractivity contribution in [1.29, 1.82) is 0 Å². The fourth-order valence-electron chi connectivity index (χ4n) is 0.625. The summed E-state index contributed by atoms with van der Waals surface area (Å²) in [6.07, 6.45) is 1.81. The van der Waals surface area contributed by atoms with E-state index in [1.54, 1.807) is 11.3 Å². The number of nitrogens with two attached hydrogens (primary N) is 1. The average molecular weight is 154 g/mol. The molecule has 1 rings (SSSR count). The van der Waals surface area contributed by atoms with Crippen LogP contribution in [0.2, 0.25) is 0 Å². The highest BCUT2D eigenvalue weighted by atomic mass is 32.1. The number of aryl methyl sites for hydroxylation is 1. The molecule has 2 nitrogen and oxygen atoms in total. The molecule has 0 aromatic carbocycles. The van der Waals surface area contributed by atoms with Crippen molar-refractivity contribution in [2.45, 2.75) is 6.92 Å². The molecule has 0 radical (unpaired) electrons. The van der Waals surface area contributed by atoms with Gasteiger partial charge in [0.1, 0.15) is 0 Å². The Morgan fingerprint density at radius 1 is 1.90 bits per heavy atom. The summed E-state index contributed by atoms with van der Waals surface area (Å²) >= 11 is 1.63. The summed E-state index contributed by atoms with van der Waals surface area (Å²) in [4.78, 5) is 5.18. The van der Waals surface area contributed by atoms with Gasteiger partial charge in [-0.15, -0.1) is 11.3 Å². The van der Waals surface area contributed by atoms with Crippen LogP contribution in [0.5, 0.6) is 0 Å². The van der Waals surface area contributed by atoms with Crippen LogP contribution in [0.4, 0.5) is 0 Å². The zero-order valence-corrected chi connectivity index (χ0v) is 6.74. The molecule has 0 spiro atoms. The first-order valence-electron chi connectivity index (χ1n) is 3.04. The maximum atomic E-state index is 5.39. The number of thiazole rings is 1. The molecule has 0 saturated carbocycles. The zero-order valence-electron chi connectivity index (χ0n) is 5.92. The van der Waals surface area contributed by atoms with Gasteiger partial charge in [0.25, 0.3) is 0 Å². The summed E-state index contributed by atoms with van der Waals surface area (Å²) < 4.78 is 0. The smallest absolute Gasteiger partial charge is 0.0900 e. The monoisotopic (exact) mass is 154 g/mol. The third-order valence-electron chi connectivity index (χ3n) is 1.22. The van der Waals surface area contributed by atoms with Crippen LogP contribution in [-0.2, 0) is 0 Å². The van der Waals surface area contributed by atoms with Gasteiger partial charge < -0.3 is 5.73 Å².